The van der Waals surface area contributed by atoms with Crippen LogP contribution in [0.4, 0.5) is 0 Å². The van der Waals surface area contributed by atoms with Gasteiger partial charge < -0.3 is 0 Å². The van der Waals surface area contributed by atoms with Gasteiger partial charge in [-0.05, 0) is 81.1 Å². The molecule has 0 aromatic heterocycles. The lowest BCUT2D eigenvalue weighted by molar-refractivity contribution is -0.126. The van der Waals surface area contributed by atoms with Gasteiger partial charge in [0.05, 0.1) is 0 Å². The standard InChI is InChI=1S/C16H33N3/c1-13(2)9-10-14(3,4)18(13)17-19-15(5,6)11-12-16(19,7)8/h17H,9-12H2,1-8H3. The quantitative estimate of drug-likeness (QED) is 0.823. The first-order valence-corrected chi connectivity index (χ1v) is 7.76. The van der Waals surface area contributed by atoms with Gasteiger partial charge in [0.2, 0.25) is 0 Å². The average molecular weight is 267 g/mol. The fourth-order valence-electron chi connectivity index (χ4n) is 3.95. The van der Waals surface area contributed by atoms with Crippen LogP contribution in [0, 0.1) is 0 Å². The predicted octanol–water partition coefficient (Wildman–Crippen LogP) is 3.71. The van der Waals surface area contributed by atoms with Crippen LogP contribution in [0.15, 0.2) is 0 Å². The summed E-state index contributed by atoms with van der Waals surface area (Å²) >= 11 is 0. The third-order valence-electron chi connectivity index (χ3n) is 5.32. The van der Waals surface area contributed by atoms with Crippen molar-refractivity contribution in [1.29, 1.82) is 0 Å². The summed E-state index contributed by atoms with van der Waals surface area (Å²) in [6, 6.07) is 0. The van der Waals surface area contributed by atoms with Crippen molar-refractivity contribution in [3.8, 4) is 0 Å². The molecule has 1 N–H and O–H groups in total. The van der Waals surface area contributed by atoms with Crippen LogP contribution >= 0.6 is 0 Å². The van der Waals surface area contributed by atoms with E-state index in [1.807, 2.05) is 0 Å². The highest BCUT2D eigenvalue weighted by Gasteiger charge is 2.51. The Balaban J connectivity index is 2.24. The van der Waals surface area contributed by atoms with Crippen molar-refractivity contribution in [2.75, 3.05) is 0 Å². The van der Waals surface area contributed by atoms with Crippen molar-refractivity contribution < 1.29 is 0 Å². The van der Waals surface area contributed by atoms with Crippen LogP contribution in [0.25, 0.3) is 0 Å². The molecule has 0 bridgehead atoms. The highest BCUT2D eigenvalue weighted by molar-refractivity contribution is 5.02. The van der Waals surface area contributed by atoms with Crippen LogP contribution in [0.2, 0.25) is 0 Å². The molecule has 0 spiro atoms. The van der Waals surface area contributed by atoms with Gasteiger partial charge in [-0.2, -0.15) is 5.53 Å². The van der Waals surface area contributed by atoms with E-state index in [1.165, 1.54) is 25.7 Å². The monoisotopic (exact) mass is 267 g/mol. The normalized spacial score (nSPS) is 32.8. The summed E-state index contributed by atoms with van der Waals surface area (Å²) in [5.74, 6) is 0. The number of hydrogen-bond acceptors (Lipinski definition) is 3. The highest BCUT2D eigenvalue weighted by atomic mass is 15.8. The van der Waals surface area contributed by atoms with Crippen molar-refractivity contribution in [1.82, 2.24) is 15.6 Å². The molecule has 3 heteroatoms. The Bertz CT molecular complexity index is 289. The van der Waals surface area contributed by atoms with Crippen molar-refractivity contribution in [3.05, 3.63) is 0 Å². The number of rotatable bonds is 2. The minimum atomic E-state index is 0.220. The summed E-state index contributed by atoms with van der Waals surface area (Å²) in [5, 5.41) is 4.99. The third-order valence-corrected chi connectivity index (χ3v) is 5.32. The Kier molecular flexibility index (Phi) is 3.37. The second-order valence-corrected chi connectivity index (χ2v) is 9.02. The summed E-state index contributed by atoms with van der Waals surface area (Å²) in [7, 11) is 0. The minimum Gasteiger partial charge on any atom is -0.219 e. The molecule has 0 atom stereocenters. The molecule has 2 fully saturated rings. The zero-order chi connectivity index (χ0) is 14.7. The highest BCUT2D eigenvalue weighted by Crippen LogP contribution is 2.43. The van der Waals surface area contributed by atoms with E-state index in [9.17, 15) is 0 Å². The van der Waals surface area contributed by atoms with Crippen LogP contribution < -0.4 is 5.53 Å². The SMILES string of the molecule is CC1(C)CCC(C)(C)N1NN1C(C)(C)CCC1(C)C. The van der Waals surface area contributed by atoms with E-state index >= 15 is 0 Å². The van der Waals surface area contributed by atoms with Crippen LogP contribution in [0.5, 0.6) is 0 Å². The molecule has 0 amide bonds. The van der Waals surface area contributed by atoms with E-state index in [0.29, 0.717) is 0 Å². The van der Waals surface area contributed by atoms with Crippen molar-refractivity contribution >= 4 is 0 Å². The Morgan fingerprint density at radius 2 is 0.737 bits per heavy atom. The molecule has 2 heterocycles. The van der Waals surface area contributed by atoms with Crippen LogP contribution in [0.1, 0.15) is 81.1 Å². The van der Waals surface area contributed by atoms with Crippen LogP contribution in [-0.4, -0.2) is 32.2 Å². The maximum atomic E-state index is 3.81. The molecular formula is C16H33N3. The predicted molar refractivity (Wildman–Crippen MR) is 81.6 cm³/mol. The first-order chi connectivity index (χ1) is 8.39. The molecule has 2 aliphatic heterocycles. The number of hydrogen-bond donors (Lipinski definition) is 1. The third kappa shape index (κ3) is 2.57. The average Bonchev–Trinajstić information content (AvgIpc) is 2.55. The number of hydrazine groups is 2. The topological polar surface area (TPSA) is 18.5 Å². The van der Waals surface area contributed by atoms with Gasteiger partial charge in [-0.1, -0.05) is 0 Å². The zero-order valence-corrected chi connectivity index (χ0v) is 14.2. The van der Waals surface area contributed by atoms with Gasteiger partial charge in [0, 0.05) is 22.2 Å². The molecule has 2 saturated heterocycles. The van der Waals surface area contributed by atoms with Crippen molar-refractivity contribution in [2.45, 2.75) is 103 Å². The zero-order valence-electron chi connectivity index (χ0n) is 14.2. The Labute approximate surface area is 119 Å². The summed E-state index contributed by atoms with van der Waals surface area (Å²) in [6.07, 6.45) is 5.01. The maximum Gasteiger partial charge on any atom is 0.0318 e. The molecule has 0 aromatic carbocycles. The molecule has 2 aliphatic rings. The number of nitrogens with zero attached hydrogens (tertiary/aromatic N) is 2. The summed E-state index contributed by atoms with van der Waals surface area (Å²) in [6.45, 7) is 18.8. The molecule has 3 nitrogen and oxygen atoms in total. The van der Waals surface area contributed by atoms with Gasteiger partial charge in [0.1, 0.15) is 0 Å². The fourth-order valence-corrected chi connectivity index (χ4v) is 3.95. The van der Waals surface area contributed by atoms with E-state index in [4.69, 9.17) is 0 Å². The molecule has 0 aromatic rings. The molecule has 112 valence electrons. The van der Waals surface area contributed by atoms with Crippen molar-refractivity contribution in [3.63, 3.8) is 0 Å². The molecule has 0 aliphatic carbocycles. The lowest BCUT2D eigenvalue weighted by Gasteiger charge is -2.49. The summed E-state index contributed by atoms with van der Waals surface area (Å²) < 4.78 is 0. The van der Waals surface area contributed by atoms with Crippen molar-refractivity contribution in [2.24, 2.45) is 0 Å². The van der Waals surface area contributed by atoms with Gasteiger partial charge in [-0.25, -0.2) is 10.0 Å². The molecule has 2 rings (SSSR count). The van der Waals surface area contributed by atoms with E-state index in [2.05, 4.69) is 70.9 Å². The lowest BCUT2D eigenvalue weighted by Crippen LogP contribution is -2.67. The molecule has 19 heavy (non-hydrogen) atoms. The first kappa shape index (κ1) is 15.3. The minimum absolute atomic E-state index is 0.220. The summed E-state index contributed by atoms with van der Waals surface area (Å²) in [4.78, 5) is 0. The van der Waals surface area contributed by atoms with E-state index in [0.717, 1.165) is 0 Å². The lowest BCUT2D eigenvalue weighted by atomic mass is 10.0. The Morgan fingerprint density at radius 1 is 0.526 bits per heavy atom. The van der Waals surface area contributed by atoms with Crippen LogP contribution in [0.3, 0.4) is 0 Å². The smallest absolute Gasteiger partial charge is 0.0318 e. The van der Waals surface area contributed by atoms with Gasteiger partial charge in [-0.3, -0.25) is 0 Å². The number of nitrogens with one attached hydrogen (secondary N) is 1. The van der Waals surface area contributed by atoms with E-state index in [1.54, 1.807) is 0 Å². The Hall–Kier alpha value is -0.120. The van der Waals surface area contributed by atoms with Crippen LogP contribution in [-0.2, 0) is 0 Å². The van der Waals surface area contributed by atoms with Gasteiger partial charge >= 0.3 is 0 Å². The van der Waals surface area contributed by atoms with E-state index in [-0.39, 0.29) is 22.2 Å². The molecule has 0 radical (unpaired) electrons. The molecule has 0 saturated carbocycles. The van der Waals surface area contributed by atoms with Gasteiger partial charge in [0.25, 0.3) is 0 Å². The maximum absolute atomic E-state index is 3.81. The summed E-state index contributed by atoms with van der Waals surface area (Å²) in [5.41, 5.74) is 4.69. The van der Waals surface area contributed by atoms with Gasteiger partial charge in [0.15, 0.2) is 0 Å². The van der Waals surface area contributed by atoms with Gasteiger partial charge in [-0.15, -0.1) is 0 Å². The van der Waals surface area contributed by atoms with E-state index < -0.39 is 0 Å². The second kappa shape index (κ2) is 4.19. The Morgan fingerprint density at radius 3 is 0.947 bits per heavy atom. The first-order valence-electron chi connectivity index (χ1n) is 7.76. The largest absolute Gasteiger partial charge is 0.219 e. The second-order valence-electron chi connectivity index (χ2n) is 9.02. The fraction of sp³-hybridized carbons (Fsp3) is 1.00. The molecular weight excluding hydrogens is 234 g/mol. The molecule has 0 unspecified atom stereocenters.